The van der Waals surface area contributed by atoms with Crippen molar-refractivity contribution in [2.45, 2.75) is 31.5 Å². The van der Waals surface area contributed by atoms with E-state index in [1.165, 1.54) is 0 Å². The molecule has 78 valence electrons. The molecule has 1 aliphatic carbocycles. The van der Waals surface area contributed by atoms with Crippen LogP contribution in [-0.4, -0.2) is 25.3 Å². The Bertz CT molecular complexity index is 158. The predicted octanol–water partition coefficient (Wildman–Crippen LogP) is 1.27. The molecule has 1 saturated carbocycles. The SMILES string of the molecule is NC1CCCC1CNCC(F)(F)F. The molecule has 0 aromatic heterocycles. The Balaban J connectivity index is 2.12. The molecule has 0 radical (unpaired) electrons. The molecule has 1 fully saturated rings. The zero-order valence-corrected chi connectivity index (χ0v) is 7.40. The van der Waals surface area contributed by atoms with Crippen molar-refractivity contribution in [2.24, 2.45) is 11.7 Å². The Morgan fingerprint density at radius 3 is 2.46 bits per heavy atom. The number of rotatable bonds is 3. The maximum absolute atomic E-state index is 11.7. The van der Waals surface area contributed by atoms with Crippen LogP contribution in [0.4, 0.5) is 13.2 Å². The highest BCUT2D eigenvalue weighted by molar-refractivity contribution is 4.81. The van der Waals surface area contributed by atoms with Gasteiger partial charge in [-0.3, -0.25) is 0 Å². The molecule has 1 aliphatic rings. The van der Waals surface area contributed by atoms with Crippen molar-refractivity contribution in [1.29, 1.82) is 0 Å². The molecule has 0 aromatic carbocycles. The minimum Gasteiger partial charge on any atom is -0.327 e. The Morgan fingerprint density at radius 1 is 1.31 bits per heavy atom. The maximum atomic E-state index is 11.7. The standard InChI is InChI=1S/C8H15F3N2/c9-8(10,11)5-13-4-6-2-1-3-7(6)12/h6-7,13H,1-5,12H2. The molecule has 0 amide bonds. The van der Waals surface area contributed by atoms with E-state index in [0.717, 1.165) is 19.3 Å². The van der Waals surface area contributed by atoms with E-state index in [0.29, 0.717) is 6.54 Å². The highest BCUT2D eigenvalue weighted by atomic mass is 19.4. The van der Waals surface area contributed by atoms with E-state index in [1.807, 2.05) is 0 Å². The van der Waals surface area contributed by atoms with E-state index in [4.69, 9.17) is 5.73 Å². The van der Waals surface area contributed by atoms with E-state index in [1.54, 1.807) is 0 Å². The quantitative estimate of drug-likeness (QED) is 0.713. The molecular formula is C8H15F3N2. The molecule has 13 heavy (non-hydrogen) atoms. The molecule has 0 aromatic rings. The zero-order valence-electron chi connectivity index (χ0n) is 7.40. The van der Waals surface area contributed by atoms with Gasteiger partial charge in [-0.1, -0.05) is 6.42 Å². The van der Waals surface area contributed by atoms with Crippen LogP contribution in [0.1, 0.15) is 19.3 Å². The van der Waals surface area contributed by atoms with E-state index in [9.17, 15) is 13.2 Å². The van der Waals surface area contributed by atoms with Crippen LogP contribution in [0.25, 0.3) is 0 Å². The van der Waals surface area contributed by atoms with Crippen LogP contribution in [0.3, 0.4) is 0 Å². The Kier molecular flexibility index (Phi) is 3.55. The van der Waals surface area contributed by atoms with Crippen LogP contribution in [0.15, 0.2) is 0 Å². The maximum Gasteiger partial charge on any atom is 0.401 e. The molecule has 2 nitrogen and oxygen atoms in total. The summed E-state index contributed by atoms with van der Waals surface area (Å²) in [6.45, 7) is -0.517. The number of halogens is 3. The second kappa shape index (κ2) is 4.28. The molecule has 1 rings (SSSR count). The molecule has 0 bridgehead atoms. The van der Waals surface area contributed by atoms with Crippen molar-refractivity contribution in [1.82, 2.24) is 5.32 Å². The first kappa shape index (κ1) is 10.8. The van der Waals surface area contributed by atoms with Crippen molar-refractivity contribution >= 4 is 0 Å². The topological polar surface area (TPSA) is 38.0 Å². The summed E-state index contributed by atoms with van der Waals surface area (Å²) in [4.78, 5) is 0. The fourth-order valence-electron chi connectivity index (χ4n) is 1.72. The molecule has 2 unspecified atom stereocenters. The summed E-state index contributed by atoms with van der Waals surface area (Å²) in [5.74, 6) is 0.224. The monoisotopic (exact) mass is 196 g/mol. The van der Waals surface area contributed by atoms with Gasteiger partial charge >= 0.3 is 6.18 Å². The highest BCUT2D eigenvalue weighted by Gasteiger charge is 2.28. The van der Waals surface area contributed by atoms with Gasteiger partial charge in [0.15, 0.2) is 0 Å². The van der Waals surface area contributed by atoms with Gasteiger partial charge in [-0.05, 0) is 25.3 Å². The Morgan fingerprint density at radius 2 is 2.00 bits per heavy atom. The largest absolute Gasteiger partial charge is 0.401 e. The normalized spacial score (nSPS) is 29.5. The van der Waals surface area contributed by atoms with E-state index >= 15 is 0 Å². The molecule has 3 N–H and O–H groups in total. The average molecular weight is 196 g/mol. The van der Waals surface area contributed by atoms with Gasteiger partial charge in [-0.2, -0.15) is 13.2 Å². The minimum atomic E-state index is -4.11. The molecule has 0 saturated heterocycles. The third kappa shape index (κ3) is 3.95. The first-order valence-electron chi connectivity index (χ1n) is 4.52. The van der Waals surface area contributed by atoms with Crippen molar-refractivity contribution in [2.75, 3.05) is 13.1 Å². The van der Waals surface area contributed by atoms with E-state index < -0.39 is 12.7 Å². The number of hydrogen-bond acceptors (Lipinski definition) is 2. The highest BCUT2D eigenvalue weighted by Crippen LogP contribution is 2.23. The van der Waals surface area contributed by atoms with Crippen molar-refractivity contribution in [3.05, 3.63) is 0 Å². The van der Waals surface area contributed by atoms with Crippen molar-refractivity contribution in [3.63, 3.8) is 0 Å². The smallest absolute Gasteiger partial charge is 0.327 e. The van der Waals surface area contributed by atoms with Crippen LogP contribution in [0, 0.1) is 5.92 Å². The number of hydrogen-bond donors (Lipinski definition) is 2. The molecule has 0 spiro atoms. The fourth-order valence-corrected chi connectivity index (χ4v) is 1.72. The summed E-state index contributed by atoms with van der Waals surface area (Å²) in [6, 6.07) is 0.0840. The zero-order chi connectivity index (χ0) is 9.90. The second-order valence-electron chi connectivity index (χ2n) is 3.60. The lowest BCUT2D eigenvalue weighted by Crippen LogP contribution is -2.37. The lowest BCUT2D eigenvalue weighted by atomic mass is 10.1. The number of nitrogens with one attached hydrogen (secondary N) is 1. The predicted molar refractivity (Wildman–Crippen MR) is 44.2 cm³/mol. The summed E-state index contributed by atoms with van der Waals surface area (Å²) in [6.07, 6.45) is -1.17. The number of nitrogens with two attached hydrogens (primary N) is 1. The average Bonchev–Trinajstić information content (AvgIpc) is 2.34. The third-order valence-electron chi connectivity index (χ3n) is 2.45. The van der Waals surface area contributed by atoms with Gasteiger partial charge in [0.25, 0.3) is 0 Å². The summed E-state index contributed by atoms with van der Waals surface area (Å²) in [7, 11) is 0. The lowest BCUT2D eigenvalue weighted by Gasteiger charge is -2.16. The van der Waals surface area contributed by atoms with Gasteiger partial charge in [0.2, 0.25) is 0 Å². The van der Waals surface area contributed by atoms with Gasteiger partial charge in [0, 0.05) is 6.04 Å². The van der Waals surface area contributed by atoms with Crippen molar-refractivity contribution < 1.29 is 13.2 Å². The first-order valence-corrected chi connectivity index (χ1v) is 4.52. The third-order valence-corrected chi connectivity index (χ3v) is 2.45. The van der Waals surface area contributed by atoms with Crippen LogP contribution >= 0.6 is 0 Å². The van der Waals surface area contributed by atoms with Crippen molar-refractivity contribution in [3.8, 4) is 0 Å². The lowest BCUT2D eigenvalue weighted by molar-refractivity contribution is -0.125. The summed E-state index contributed by atoms with van der Waals surface area (Å²) in [5.41, 5.74) is 5.71. The van der Waals surface area contributed by atoms with Crippen LogP contribution in [-0.2, 0) is 0 Å². The van der Waals surface area contributed by atoms with Gasteiger partial charge < -0.3 is 11.1 Å². The minimum absolute atomic E-state index is 0.0840. The molecule has 0 heterocycles. The molecule has 5 heteroatoms. The van der Waals surface area contributed by atoms with Gasteiger partial charge in [0.05, 0.1) is 6.54 Å². The van der Waals surface area contributed by atoms with Gasteiger partial charge in [-0.15, -0.1) is 0 Å². The second-order valence-corrected chi connectivity index (χ2v) is 3.60. The molecule has 0 aliphatic heterocycles. The van der Waals surface area contributed by atoms with Crippen LogP contribution in [0.2, 0.25) is 0 Å². The number of alkyl halides is 3. The van der Waals surface area contributed by atoms with Gasteiger partial charge in [0.1, 0.15) is 0 Å². The first-order chi connectivity index (χ1) is 5.99. The van der Waals surface area contributed by atoms with E-state index in [-0.39, 0.29) is 12.0 Å². The fraction of sp³-hybridized carbons (Fsp3) is 1.00. The summed E-state index contributed by atoms with van der Waals surface area (Å²) in [5, 5.41) is 2.39. The molecule has 2 atom stereocenters. The Hall–Kier alpha value is -0.290. The van der Waals surface area contributed by atoms with Crippen LogP contribution < -0.4 is 11.1 Å². The molecular weight excluding hydrogens is 181 g/mol. The summed E-state index contributed by atoms with van der Waals surface area (Å²) < 4.78 is 35.2. The van der Waals surface area contributed by atoms with E-state index in [2.05, 4.69) is 5.32 Å². The van der Waals surface area contributed by atoms with Crippen LogP contribution in [0.5, 0.6) is 0 Å². The Labute approximate surface area is 75.7 Å². The van der Waals surface area contributed by atoms with Gasteiger partial charge in [-0.25, -0.2) is 0 Å². The summed E-state index contributed by atoms with van der Waals surface area (Å²) >= 11 is 0.